The van der Waals surface area contributed by atoms with Crippen molar-refractivity contribution in [2.75, 3.05) is 13.1 Å². The molecule has 0 atom stereocenters. The summed E-state index contributed by atoms with van der Waals surface area (Å²) >= 11 is 1.82. The number of ether oxygens (including phenoxy) is 1. The SMILES string of the molecule is Cc1cc(OC2CN(C(=O)Cc3ccc(SC(C)C)cc3)C2)cc(=O)n1C1CC1. The van der Waals surface area contributed by atoms with E-state index in [0.29, 0.717) is 36.6 Å². The molecule has 29 heavy (non-hydrogen) atoms. The first-order valence-electron chi connectivity index (χ1n) is 10.3. The zero-order valence-corrected chi connectivity index (χ0v) is 18.1. The lowest BCUT2D eigenvalue weighted by molar-refractivity contribution is -0.139. The third kappa shape index (κ3) is 4.86. The van der Waals surface area contributed by atoms with Gasteiger partial charge in [-0.1, -0.05) is 26.0 Å². The highest BCUT2D eigenvalue weighted by atomic mass is 32.2. The second kappa shape index (κ2) is 8.27. The average molecular weight is 413 g/mol. The van der Waals surface area contributed by atoms with Crippen molar-refractivity contribution in [3.63, 3.8) is 0 Å². The van der Waals surface area contributed by atoms with Crippen LogP contribution in [0.15, 0.2) is 46.1 Å². The van der Waals surface area contributed by atoms with E-state index in [2.05, 4.69) is 26.0 Å². The standard InChI is InChI=1S/C23H28N2O3S/c1-15(2)29-21-8-4-17(5-9-21)11-22(26)24-13-20(14-24)28-19-10-16(3)25(18-6-7-18)23(27)12-19/h4-5,8-10,12,15,18,20H,6-7,11,13-14H2,1-3H3. The van der Waals surface area contributed by atoms with Crippen molar-refractivity contribution in [1.82, 2.24) is 9.47 Å². The molecule has 0 unspecified atom stereocenters. The summed E-state index contributed by atoms with van der Waals surface area (Å²) < 4.78 is 7.80. The van der Waals surface area contributed by atoms with Gasteiger partial charge in [0.15, 0.2) is 0 Å². The number of rotatable bonds is 7. The molecule has 1 aliphatic heterocycles. The highest BCUT2D eigenvalue weighted by molar-refractivity contribution is 7.99. The molecule has 0 N–H and O–H groups in total. The Bertz CT molecular complexity index is 942. The van der Waals surface area contributed by atoms with Gasteiger partial charge in [0, 0.05) is 27.9 Å². The quantitative estimate of drug-likeness (QED) is 0.649. The molecular formula is C23H28N2O3S. The van der Waals surface area contributed by atoms with E-state index in [0.717, 1.165) is 24.1 Å². The predicted molar refractivity (Wildman–Crippen MR) is 116 cm³/mol. The molecule has 2 aromatic rings. The molecule has 5 nitrogen and oxygen atoms in total. The normalized spacial score (nSPS) is 16.8. The van der Waals surface area contributed by atoms with Gasteiger partial charge in [0.05, 0.1) is 19.5 Å². The third-order valence-corrected chi connectivity index (χ3v) is 6.32. The van der Waals surface area contributed by atoms with E-state index >= 15 is 0 Å². The van der Waals surface area contributed by atoms with Crippen molar-refractivity contribution < 1.29 is 9.53 Å². The van der Waals surface area contributed by atoms with Crippen LogP contribution in [0.3, 0.4) is 0 Å². The fourth-order valence-corrected chi connectivity index (χ4v) is 4.54. The van der Waals surface area contributed by atoms with Crippen LogP contribution < -0.4 is 10.3 Å². The number of amides is 1. The van der Waals surface area contributed by atoms with Crippen LogP contribution in [0.1, 0.15) is 44.0 Å². The van der Waals surface area contributed by atoms with Crippen LogP contribution in [-0.4, -0.2) is 39.8 Å². The Kier molecular flexibility index (Phi) is 5.72. The number of thioether (sulfide) groups is 1. The van der Waals surface area contributed by atoms with Crippen molar-refractivity contribution in [1.29, 1.82) is 0 Å². The van der Waals surface area contributed by atoms with Crippen molar-refractivity contribution >= 4 is 17.7 Å². The van der Waals surface area contributed by atoms with Crippen molar-refractivity contribution in [2.24, 2.45) is 0 Å². The number of carbonyl (C=O) groups excluding carboxylic acids is 1. The van der Waals surface area contributed by atoms with E-state index in [1.54, 1.807) is 6.07 Å². The number of hydrogen-bond donors (Lipinski definition) is 0. The molecule has 4 rings (SSSR count). The predicted octanol–water partition coefficient (Wildman–Crippen LogP) is 3.82. The number of aryl methyl sites for hydroxylation is 1. The van der Waals surface area contributed by atoms with Gasteiger partial charge in [-0.2, -0.15) is 0 Å². The zero-order chi connectivity index (χ0) is 20.5. The van der Waals surface area contributed by atoms with Gasteiger partial charge in [-0.15, -0.1) is 11.8 Å². The summed E-state index contributed by atoms with van der Waals surface area (Å²) in [6.45, 7) is 7.44. The number of hydrogen-bond acceptors (Lipinski definition) is 4. The molecule has 1 aliphatic carbocycles. The smallest absolute Gasteiger partial charge is 0.254 e. The summed E-state index contributed by atoms with van der Waals surface area (Å²) in [4.78, 5) is 27.9. The van der Waals surface area contributed by atoms with E-state index in [1.807, 2.05) is 46.4 Å². The molecule has 0 bridgehead atoms. The van der Waals surface area contributed by atoms with E-state index in [-0.39, 0.29) is 17.6 Å². The summed E-state index contributed by atoms with van der Waals surface area (Å²) in [5, 5.41) is 0.547. The summed E-state index contributed by atoms with van der Waals surface area (Å²) in [6, 6.07) is 12.1. The molecule has 1 saturated carbocycles. The summed E-state index contributed by atoms with van der Waals surface area (Å²) in [5.74, 6) is 0.731. The Morgan fingerprint density at radius 1 is 1.17 bits per heavy atom. The summed E-state index contributed by atoms with van der Waals surface area (Å²) in [7, 11) is 0. The lowest BCUT2D eigenvalue weighted by atomic mass is 10.1. The van der Waals surface area contributed by atoms with E-state index in [4.69, 9.17) is 4.74 Å². The van der Waals surface area contributed by atoms with Gasteiger partial charge in [0.1, 0.15) is 11.9 Å². The Hall–Kier alpha value is -2.21. The molecule has 1 saturated heterocycles. The fraction of sp³-hybridized carbons (Fsp3) is 0.478. The number of aromatic nitrogens is 1. The van der Waals surface area contributed by atoms with Crippen LogP contribution in [0.25, 0.3) is 0 Å². The molecule has 1 aromatic carbocycles. The maximum atomic E-state index is 12.5. The van der Waals surface area contributed by atoms with Crippen molar-refractivity contribution in [2.45, 2.75) is 62.3 Å². The summed E-state index contributed by atoms with van der Waals surface area (Å²) in [5.41, 5.74) is 1.99. The molecule has 0 radical (unpaired) electrons. The van der Waals surface area contributed by atoms with Crippen LogP contribution in [0.2, 0.25) is 0 Å². The summed E-state index contributed by atoms with van der Waals surface area (Å²) in [6.07, 6.45) is 2.54. The highest BCUT2D eigenvalue weighted by Crippen LogP contribution is 2.35. The van der Waals surface area contributed by atoms with Crippen LogP contribution in [-0.2, 0) is 11.2 Å². The monoisotopic (exact) mass is 412 g/mol. The number of pyridine rings is 1. The molecular weight excluding hydrogens is 384 g/mol. The maximum absolute atomic E-state index is 12.5. The van der Waals surface area contributed by atoms with Crippen LogP contribution >= 0.6 is 11.8 Å². The maximum Gasteiger partial charge on any atom is 0.254 e. The van der Waals surface area contributed by atoms with Gasteiger partial charge in [-0.25, -0.2) is 0 Å². The molecule has 1 amide bonds. The molecule has 1 aromatic heterocycles. The van der Waals surface area contributed by atoms with Crippen LogP contribution in [0.5, 0.6) is 5.75 Å². The molecule has 0 spiro atoms. The molecule has 6 heteroatoms. The first-order valence-corrected chi connectivity index (χ1v) is 11.2. The van der Waals surface area contributed by atoms with Crippen molar-refractivity contribution in [3.05, 3.63) is 58.0 Å². The van der Waals surface area contributed by atoms with Crippen LogP contribution in [0.4, 0.5) is 0 Å². The first-order chi connectivity index (χ1) is 13.9. The number of nitrogens with zero attached hydrogens (tertiary/aromatic N) is 2. The Morgan fingerprint density at radius 3 is 2.45 bits per heavy atom. The minimum absolute atomic E-state index is 0.00818. The van der Waals surface area contributed by atoms with Gasteiger partial charge < -0.3 is 14.2 Å². The average Bonchev–Trinajstić information content (AvgIpc) is 3.43. The topological polar surface area (TPSA) is 51.5 Å². The van der Waals surface area contributed by atoms with E-state index in [9.17, 15) is 9.59 Å². The van der Waals surface area contributed by atoms with E-state index in [1.165, 1.54) is 4.90 Å². The Balaban J connectivity index is 1.27. The van der Waals surface area contributed by atoms with Gasteiger partial charge in [-0.05, 0) is 43.5 Å². The number of carbonyl (C=O) groups is 1. The van der Waals surface area contributed by atoms with E-state index < -0.39 is 0 Å². The fourth-order valence-electron chi connectivity index (χ4n) is 3.70. The first kappa shape index (κ1) is 20.1. The highest BCUT2D eigenvalue weighted by Gasteiger charge is 2.32. The largest absolute Gasteiger partial charge is 0.486 e. The lowest BCUT2D eigenvalue weighted by Gasteiger charge is -2.39. The zero-order valence-electron chi connectivity index (χ0n) is 17.3. The second-order valence-electron chi connectivity index (χ2n) is 8.30. The lowest BCUT2D eigenvalue weighted by Crippen LogP contribution is -2.56. The van der Waals surface area contributed by atoms with Gasteiger partial charge in [0.25, 0.3) is 5.56 Å². The van der Waals surface area contributed by atoms with Gasteiger partial charge >= 0.3 is 0 Å². The second-order valence-corrected chi connectivity index (χ2v) is 9.95. The molecule has 2 aliphatic rings. The number of likely N-dealkylation sites (tertiary alicyclic amines) is 1. The van der Waals surface area contributed by atoms with Crippen molar-refractivity contribution in [3.8, 4) is 5.75 Å². The minimum Gasteiger partial charge on any atom is -0.486 e. The minimum atomic E-state index is -0.0423. The Labute approximate surface area is 176 Å². The molecule has 2 fully saturated rings. The van der Waals surface area contributed by atoms with Crippen LogP contribution in [0, 0.1) is 6.92 Å². The molecule has 154 valence electrons. The third-order valence-electron chi connectivity index (χ3n) is 5.30. The molecule has 2 heterocycles. The van der Waals surface area contributed by atoms with Gasteiger partial charge in [-0.3, -0.25) is 9.59 Å². The Morgan fingerprint density at radius 2 is 1.86 bits per heavy atom. The number of benzene rings is 1. The van der Waals surface area contributed by atoms with Gasteiger partial charge in [0.2, 0.25) is 5.91 Å².